The standard InChI is InChI=1S/C9H6O3/c10-4-7-1-2-8(5-11)9(3-7)6-12/h1-6H. The molecule has 0 N–H and O–H groups in total. The zero-order chi connectivity index (χ0) is 8.97. The predicted molar refractivity (Wildman–Crippen MR) is 42.6 cm³/mol. The van der Waals surface area contributed by atoms with Crippen molar-refractivity contribution >= 4 is 18.9 Å². The van der Waals surface area contributed by atoms with E-state index in [0.29, 0.717) is 30.0 Å². The second-order valence-electron chi connectivity index (χ2n) is 2.24. The smallest absolute Gasteiger partial charge is 0.150 e. The summed E-state index contributed by atoms with van der Waals surface area (Å²) < 4.78 is 0. The van der Waals surface area contributed by atoms with Gasteiger partial charge >= 0.3 is 0 Å². The van der Waals surface area contributed by atoms with Gasteiger partial charge in [0.15, 0.2) is 12.6 Å². The van der Waals surface area contributed by atoms with Crippen molar-refractivity contribution in [2.45, 2.75) is 0 Å². The maximum Gasteiger partial charge on any atom is 0.150 e. The molecule has 0 fully saturated rings. The second-order valence-corrected chi connectivity index (χ2v) is 2.24. The van der Waals surface area contributed by atoms with Crippen molar-refractivity contribution in [1.29, 1.82) is 0 Å². The molecule has 0 aromatic heterocycles. The van der Waals surface area contributed by atoms with E-state index in [9.17, 15) is 14.4 Å². The van der Waals surface area contributed by atoms with Gasteiger partial charge in [-0.1, -0.05) is 12.1 Å². The van der Waals surface area contributed by atoms with Crippen molar-refractivity contribution in [2.75, 3.05) is 0 Å². The fourth-order valence-electron chi connectivity index (χ4n) is 0.876. The fraction of sp³-hybridized carbons (Fsp3) is 0. The molecule has 0 aliphatic rings. The third kappa shape index (κ3) is 1.45. The Balaban J connectivity index is 3.27. The van der Waals surface area contributed by atoms with Gasteiger partial charge in [0.2, 0.25) is 0 Å². The minimum absolute atomic E-state index is 0.245. The summed E-state index contributed by atoms with van der Waals surface area (Å²) in [6.45, 7) is 0. The van der Waals surface area contributed by atoms with Crippen molar-refractivity contribution in [3.63, 3.8) is 0 Å². The van der Waals surface area contributed by atoms with Crippen LogP contribution < -0.4 is 0 Å². The van der Waals surface area contributed by atoms with Gasteiger partial charge in [-0.25, -0.2) is 0 Å². The Morgan fingerprint density at radius 1 is 0.833 bits per heavy atom. The van der Waals surface area contributed by atoms with Crippen LogP contribution in [0.4, 0.5) is 0 Å². The monoisotopic (exact) mass is 162 g/mol. The van der Waals surface area contributed by atoms with Crippen LogP contribution in [0.1, 0.15) is 31.1 Å². The van der Waals surface area contributed by atoms with E-state index in [1.807, 2.05) is 0 Å². The molecule has 0 bridgehead atoms. The van der Waals surface area contributed by atoms with Gasteiger partial charge in [-0.2, -0.15) is 0 Å². The lowest BCUT2D eigenvalue weighted by atomic mass is 10.1. The van der Waals surface area contributed by atoms with Crippen LogP contribution >= 0.6 is 0 Å². The largest absolute Gasteiger partial charge is 0.298 e. The number of rotatable bonds is 3. The van der Waals surface area contributed by atoms with Crippen LogP contribution in [0.3, 0.4) is 0 Å². The van der Waals surface area contributed by atoms with Gasteiger partial charge in [0.1, 0.15) is 6.29 Å². The fourth-order valence-corrected chi connectivity index (χ4v) is 0.876. The molecular weight excluding hydrogens is 156 g/mol. The highest BCUT2D eigenvalue weighted by molar-refractivity contribution is 5.92. The van der Waals surface area contributed by atoms with E-state index in [1.54, 1.807) is 0 Å². The van der Waals surface area contributed by atoms with E-state index in [0.717, 1.165) is 0 Å². The average Bonchev–Trinajstić information content (AvgIpc) is 2.16. The lowest BCUT2D eigenvalue weighted by molar-refractivity contribution is 0.109. The Morgan fingerprint density at radius 2 is 1.50 bits per heavy atom. The van der Waals surface area contributed by atoms with Crippen molar-refractivity contribution in [1.82, 2.24) is 0 Å². The molecule has 3 nitrogen and oxygen atoms in total. The van der Waals surface area contributed by atoms with E-state index in [1.165, 1.54) is 18.2 Å². The van der Waals surface area contributed by atoms with E-state index in [4.69, 9.17) is 0 Å². The van der Waals surface area contributed by atoms with Crippen molar-refractivity contribution < 1.29 is 14.4 Å². The number of hydrogen-bond donors (Lipinski definition) is 0. The summed E-state index contributed by atoms with van der Waals surface area (Å²) in [5, 5.41) is 0. The molecule has 12 heavy (non-hydrogen) atoms. The summed E-state index contributed by atoms with van der Waals surface area (Å²) in [7, 11) is 0. The summed E-state index contributed by atoms with van der Waals surface area (Å²) in [5.41, 5.74) is 0.938. The van der Waals surface area contributed by atoms with Gasteiger partial charge in [-0.15, -0.1) is 0 Å². The van der Waals surface area contributed by atoms with E-state index in [2.05, 4.69) is 0 Å². The third-order valence-electron chi connectivity index (χ3n) is 1.50. The number of aldehydes is 3. The maximum absolute atomic E-state index is 10.4. The molecule has 0 heterocycles. The SMILES string of the molecule is O=Cc1ccc(C=O)c(C=O)c1. The van der Waals surface area contributed by atoms with Crippen LogP contribution in [0.2, 0.25) is 0 Å². The molecule has 1 rings (SSSR count). The lowest BCUT2D eigenvalue weighted by Gasteiger charge is -1.95. The first-order chi connectivity index (χ1) is 5.81. The number of carbonyl (C=O) groups is 3. The Bertz CT molecular complexity index is 329. The molecule has 0 saturated carbocycles. The Kier molecular flexibility index (Phi) is 2.48. The molecule has 0 spiro atoms. The summed E-state index contributed by atoms with van der Waals surface area (Å²) in [4.78, 5) is 31.0. The van der Waals surface area contributed by atoms with E-state index >= 15 is 0 Å². The van der Waals surface area contributed by atoms with Crippen LogP contribution in [0.5, 0.6) is 0 Å². The minimum Gasteiger partial charge on any atom is -0.298 e. The molecule has 0 amide bonds. The molecule has 0 aliphatic carbocycles. The number of benzene rings is 1. The Labute approximate surface area is 69.0 Å². The van der Waals surface area contributed by atoms with Gasteiger partial charge in [0.25, 0.3) is 0 Å². The highest BCUT2D eigenvalue weighted by Crippen LogP contribution is 2.06. The first-order valence-electron chi connectivity index (χ1n) is 3.31. The van der Waals surface area contributed by atoms with Gasteiger partial charge in [-0.05, 0) is 6.07 Å². The molecular formula is C9H6O3. The molecule has 0 radical (unpaired) electrons. The van der Waals surface area contributed by atoms with Crippen LogP contribution in [-0.4, -0.2) is 18.9 Å². The molecule has 1 aromatic rings. The van der Waals surface area contributed by atoms with Crippen molar-refractivity contribution in [2.24, 2.45) is 0 Å². The highest BCUT2D eigenvalue weighted by atomic mass is 16.1. The molecule has 0 unspecified atom stereocenters. The van der Waals surface area contributed by atoms with Crippen LogP contribution in [0, 0.1) is 0 Å². The van der Waals surface area contributed by atoms with Crippen LogP contribution in [0.25, 0.3) is 0 Å². The van der Waals surface area contributed by atoms with Gasteiger partial charge < -0.3 is 0 Å². The zero-order valence-electron chi connectivity index (χ0n) is 6.19. The van der Waals surface area contributed by atoms with Gasteiger partial charge in [0.05, 0.1) is 0 Å². The molecule has 3 heteroatoms. The van der Waals surface area contributed by atoms with E-state index < -0.39 is 0 Å². The molecule has 60 valence electrons. The first kappa shape index (κ1) is 8.33. The summed E-state index contributed by atoms with van der Waals surface area (Å²) in [6, 6.07) is 4.31. The van der Waals surface area contributed by atoms with Gasteiger partial charge in [-0.3, -0.25) is 14.4 Å². The van der Waals surface area contributed by atoms with E-state index in [-0.39, 0.29) is 5.56 Å². The Hall–Kier alpha value is -1.77. The maximum atomic E-state index is 10.4. The third-order valence-corrected chi connectivity index (χ3v) is 1.50. The predicted octanol–water partition coefficient (Wildman–Crippen LogP) is 1.12. The van der Waals surface area contributed by atoms with Crippen LogP contribution in [0.15, 0.2) is 18.2 Å². The molecule has 0 saturated heterocycles. The zero-order valence-corrected chi connectivity index (χ0v) is 6.19. The molecule has 0 atom stereocenters. The van der Waals surface area contributed by atoms with Crippen LogP contribution in [-0.2, 0) is 0 Å². The highest BCUT2D eigenvalue weighted by Gasteiger charge is 2.00. The minimum atomic E-state index is 0.245. The Morgan fingerprint density at radius 3 is 2.00 bits per heavy atom. The molecule has 0 aliphatic heterocycles. The normalized spacial score (nSPS) is 9.00. The van der Waals surface area contributed by atoms with Gasteiger partial charge in [0, 0.05) is 16.7 Å². The quantitative estimate of drug-likeness (QED) is 0.626. The van der Waals surface area contributed by atoms with Crippen molar-refractivity contribution in [3.8, 4) is 0 Å². The lowest BCUT2D eigenvalue weighted by Crippen LogP contribution is -1.92. The number of hydrogen-bond acceptors (Lipinski definition) is 3. The second kappa shape index (κ2) is 3.57. The summed E-state index contributed by atoms with van der Waals surface area (Å²) in [6.07, 6.45) is 1.76. The number of carbonyl (C=O) groups excluding carboxylic acids is 3. The molecule has 1 aromatic carbocycles. The van der Waals surface area contributed by atoms with Crippen molar-refractivity contribution in [3.05, 3.63) is 34.9 Å². The summed E-state index contributed by atoms with van der Waals surface area (Å²) in [5.74, 6) is 0. The summed E-state index contributed by atoms with van der Waals surface area (Å²) >= 11 is 0. The topological polar surface area (TPSA) is 51.2 Å². The average molecular weight is 162 g/mol. The first-order valence-corrected chi connectivity index (χ1v) is 3.31.